The van der Waals surface area contributed by atoms with Gasteiger partial charge in [-0.2, -0.15) is 0 Å². The van der Waals surface area contributed by atoms with Crippen molar-refractivity contribution in [3.8, 4) is 5.75 Å². The lowest BCUT2D eigenvalue weighted by Gasteiger charge is -2.20. The van der Waals surface area contributed by atoms with E-state index in [0.29, 0.717) is 19.1 Å². The molecule has 0 spiro atoms. The number of benzene rings is 1. The van der Waals surface area contributed by atoms with Gasteiger partial charge in [-0.15, -0.1) is 0 Å². The summed E-state index contributed by atoms with van der Waals surface area (Å²) < 4.78 is 5.71. The maximum absolute atomic E-state index is 5.71. The Morgan fingerprint density at radius 1 is 1.31 bits per heavy atom. The van der Waals surface area contributed by atoms with Crippen molar-refractivity contribution in [3.05, 3.63) is 29.8 Å². The summed E-state index contributed by atoms with van der Waals surface area (Å²) in [6.45, 7) is 10.1. The molecule has 1 rings (SSSR count). The van der Waals surface area contributed by atoms with Crippen molar-refractivity contribution in [1.82, 2.24) is 0 Å². The van der Waals surface area contributed by atoms with E-state index in [-0.39, 0.29) is 5.41 Å². The molecule has 16 heavy (non-hydrogen) atoms. The van der Waals surface area contributed by atoms with Gasteiger partial charge in [-0.1, -0.05) is 39.8 Å². The molecule has 0 saturated carbocycles. The first-order chi connectivity index (χ1) is 7.43. The van der Waals surface area contributed by atoms with Crippen molar-refractivity contribution < 1.29 is 4.74 Å². The second kappa shape index (κ2) is 5.35. The first-order valence-electron chi connectivity index (χ1n) is 5.87. The second-order valence-corrected chi connectivity index (χ2v) is 5.43. The van der Waals surface area contributed by atoms with Crippen molar-refractivity contribution in [1.29, 1.82) is 0 Å². The molecule has 2 nitrogen and oxygen atoms in total. The van der Waals surface area contributed by atoms with E-state index >= 15 is 0 Å². The SMILES string of the molecule is C[C@@H](CN)COc1cccc(C(C)(C)C)c1. The van der Waals surface area contributed by atoms with E-state index in [0.717, 1.165) is 5.75 Å². The number of hydrogen-bond acceptors (Lipinski definition) is 2. The molecule has 0 aliphatic heterocycles. The molecule has 1 aromatic carbocycles. The first kappa shape index (κ1) is 13.0. The molecule has 0 aliphatic rings. The van der Waals surface area contributed by atoms with Crippen LogP contribution in [-0.2, 0) is 5.41 Å². The average molecular weight is 221 g/mol. The van der Waals surface area contributed by atoms with Crippen LogP contribution in [0.1, 0.15) is 33.3 Å². The summed E-state index contributed by atoms with van der Waals surface area (Å²) in [5.74, 6) is 1.34. The van der Waals surface area contributed by atoms with Crippen LogP contribution in [0.15, 0.2) is 24.3 Å². The Balaban J connectivity index is 2.68. The van der Waals surface area contributed by atoms with Gasteiger partial charge in [0.05, 0.1) is 6.61 Å². The minimum Gasteiger partial charge on any atom is -0.493 e. The Bertz CT molecular complexity index is 328. The highest BCUT2D eigenvalue weighted by Crippen LogP contribution is 2.25. The number of rotatable bonds is 4. The van der Waals surface area contributed by atoms with E-state index in [1.807, 2.05) is 12.1 Å². The Morgan fingerprint density at radius 2 is 2.00 bits per heavy atom. The van der Waals surface area contributed by atoms with Gasteiger partial charge < -0.3 is 10.5 Å². The zero-order valence-electron chi connectivity index (χ0n) is 10.8. The number of nitrogens with two attached hydrogens (primary N) is 1. The summed E-state index contributed by atoms with van der Waals surface area (Å²) in [6, 6.07) is 8.30. The third-order valence-electron chi connectivity index (χ3n) is 2.64. The summed E-state index contributed by atoms with van der Waals surface area (Å²) in [5.41, 5.74) is 7.02. The highest BCUT2D eigenvalue weighted by Gasteiger charge is 2.13. The topological polar surface area (TPSA) is 35.2 Å². The van der Waals surface area contributed by atoms with Gasteiger partial charge in [0, 0.05) is 5.92 Å². The zero-order valence-corrected chi connectivity index (χ0v) is 10.8. The summed E-state index contributed by atoms with van der Waals surface area (Å²) in [7, 11) is 0. The van der Waals surface area contributed by atoms with E-state index in [1.54, 1.807) is 0 Å². The lowest BCUT2D eigenvalue weighted by atomic mass is 9.87. The number of ether oxygens (including phenoxy) is 1. The molecule has 0 amide bonds. The first-order valence-corrected chi connectivity index (χ1v) is 5.87. The van der Waals surface area contributed by atoms with Crippen molar-refractivity contribution in [3.63, 3.8) is 0 Å². The Labute approximate surface area is 98.8 Å². The van der Waals surface area contributed by atoms with Crippen LogP contribution in [0.25, 0.3) is 0 Å². The lowest BCUT2D eigenvalue weighted by Crippen LogP contribution is -2.18. The summed E-state index contributed by atoms with van der Waals surface area (Å²) >= 11 is 0. The summed E-state index contributed by atoms with van der Waals surface area (Å²) in [4.78, 5) is 0. The van der Waals surface area contributed by atoms with E-state index in [2.05, 4.69) is 39.8 Å². The van der Waals surface area contributed by atoms with Crippen LogP contribution in [0.5, 0.6) is 5.75 Å². The summed E-state index contributed by atoms with van der Waals surface area (Å²) in [6.07, 6.45) is 0. The third-order valence-corrected chi connectivity index (χ3v) is 2.64. The fourth-order valence-corrected chi connectivity index (χ4v) is 1.36. The van der Waals surface area contributed by atoms with E-state index in [9.17, 15) is 0 Å². The molecule has 0 unspecified atom stereocenters. The molecule has 1 aromatic rings. The van der Waals surface area contributed by atoms with Crippen molar-refractivity contribution >= 4 is 0 Å². The van der Waals surface area contributed by atoms with Gasteiger partial charge in [0.2, 0.25) is 0 Å². The van der Waals surface area contributed by atoms with Gasteiger partial charge in [0.15, 0.2) is 0 Å². The molecule has 2 heteroatoms. The smallest absolute Gasteiger partial charge is 0.119 e. The highest BCUT2D eigenvalue weighted by atomic mass is 16.5. The molecule has 0 fully saturated rings. The largest absolute Gasteiger partial charge is 0.493 e. The molecule has 0 saturated heterocycles. The van der Waals surface area contributed by atoms with Gasteiger partial charge in [0.25, 0.3) is 0 Å². The molecule has 0 bridgehead atoms. The van der Waals surface area contributed by atoms with Gasteiger partial charge >= 0.3 is 0 Å². The molecule has 2 N–H and O–H groups in total. The monoisotopic (exact) mass is 221 g/mol. The maximum atomic E-state index is 5.71. The van der Waals surface area contributed by atoms with Gasteiger partial charge in [-0.3, -0.25) is 0 Å². The molecular formula is C14H23NO. The average Bonchev–Trinajstić information content (AvgIpc) is 2.25. The van der Waals surface area contributed by atoms with Crippen LogP contribution in [0.3, 0.4) is 0 Å². The molecule has 0 aliphatic carbocycles. The van der Waals surface area contributed by atoms with Crippen molar-refractivity contribution in [2.24, 2.45) is 11.7 Å². The minimum absolute atomic E-state index is 0.166. The zero-order chi connectivity index (χ0) is 12.2. The molecule has 1 atom stereocenters. The van der Waals surface area contributed by atoms with Crippen LogP contribution in [0.2, 0.25) is 0 Å². The molecule has 0 heterocycles. The Kier molecular flexibility index (Phi) is 4.36. The predicted octanol–water partition coefficient (Wildman–Crippen LogP) is 2.96. The van der Waals surface area contributed by atoms with Gasteiger partial charge in [-0.05, 0) is 29.7 Å². The van der Waals surface area contributed by atoms with Crippen LogP contribution >= 0.6 is 0 Å². The summed E-state index contributed by atoms with van der Waals surface area (Å²) in [5, 5.41) is 0. The third kappa shape index (κ3) is 3.86. The van der Waals surface area contributed by atoms with Gasteiger partial charge in [-0.25, -0.2) is 0 Å². The molecular weight excluding hydrogens is 198 g/mol. The lowest BCUT2D eigenvalue weighted by molar-refractivity contribution is 0.263. The molecule has 0 radical (unpaired) electrons. The van der Waals surface area contributed by atoms with Crippen molar-refractivity contribution in [2.75, 3.05) is 13.2 Å². The minimum atomic E-state index is 0.166. The highest BCUT2D eigenvalue weighted by molar-refractivity contribution is 5.32. The van der Waals surface area contributed by atoms with E-state index in [4.69, 9.17) is 10.5 Å². The Morgan fingerprint density at radius 3 is 2.56 bits per heavy atom. The number of hydrogen-bond donors (Lipinski definition) is 1. The van der Waals surface area contributed by atoms with Gasteiger partial charge in [0.1, 0.15) is 5.75 Å². The fourth-order valence-electron chi connectivity index (χ4n) is 1.36. The predicted molar refractivity (Wildman–Crippen MR) is 68.9 cm³/mol. The van der Waals surface area contributed by atoms with Crippen molar-refractivity contribution in [2.45, 2.75) is 33.1 Å². The normalized spacial score (nSPS) is 13.6. The maximum Gasteiger partial charge on any atom is 0.119 e. The van der Waals surface area contributed by atoms with Crippen LogP contribution in [-0.4, -0.2) is 13.2 Å². The quantitative estimate of drug-likeness (QED) is 0.848. The second-order valence-electron chi connectivity index (χ2n) is 5.43. The fraction of sp³-hybridized carbons (Fsp3) is 0.571. The van der Waals surface area contributed by atoms with Crippen LogP contribution in [0.4, 0.5) is 0 Å². The van der Waals surface area contributed by atoms with Crippen LogP contribution in [0, 0.1) is 5.92 Å². The Hall–Kier alpha value is -1.02. The standard InChI is InChI=1S/C14H23NO/c1-11(9-15)10-16-13-7-5-6-12(8-13)14(2,3)4/h5-8,11H,9-10,15H2,1-4H3/t11-/m0/s1. The molecule has 0 aromatic heterocycles. The van der Waals surface area contributed by atoms with E-state index < -0.39 is 0 Å². The van der Waals surface area contributed by atoms with Crippen LogP contribution < -0.4 is 10.5 Å². The molecule has 90 valence electrons. The van der Waals surface area contributed by atoms with E-state index in [1.165, 1.54) is 5.56 Å².